The molecule has 1 aliphatic heterocycles. The van der Waals surface area contributed by atoms with Crippen molar-refractivity contribution in [3.8, 4) is 0 Å². The first-order valence-corrected chi connectivity index (χ1v) is 8.27. The molecule has 1 aromatic carbocycles. The minimum atomic E-state index is -0.630. The van der Waals surface area contributed by atoms with Crippen molar-refractivity contribution in [2.24, 2.45) is 0 Å². The van der Waals surface area contributed by atoms with Gasteiger partial charge in [0.2, 0.25) is 5.91 Å². The minimum absolute atomic E-state index is 0.185. The largest absolute Gasteiger partial charge is 0.383 e. The number of benzene rings is 1. The van der Waals surface area contributed by atoms with E-state index in [9.17, 15) is 9.18 Å². The number of hydrogen-bond donors (Lipinski definition) is 2. The molecule has 1 saturated heterocycles. The van der Waals surface area contributed by atoms with Crippen LogP contribution >= 0.6 is 0 Å². The van der Waals surface area contributed by atoms with Gasteiger partial charge in [0.1, 0.15) is 11.9 Å². The zero-order valence-corrected chi connectivity index (χ0v) is 14.1. The normalized spacial score (nSPS) is 16.8. The van der Waals surface area contributed by atoms with Crippen LogP contribution in [0.3, 0.4) is 0 Å². The molecule has 6 nitrogen and oxygen atoms in total. The highest BCUT2D eigenvalue weighted by Gasteiger charge is 2.30. The number of halogens is 1. The Labute approximate surface area is 142 Å². The first-order chi connectivity index (χ1) is 11.7. The molecule has 1 aromatic rings. The van der Waals surface area contributed by atoms with Gasteiger partial charge in [0.15, 0.2) is 0 Å². The molecule has 0 radical (unpaired) electrons. The summed E-state index contributed by atoms with van der Waals surface area (Å²) in [5, 5.41) is 6.06. The van der Waals surface area contributed by atoms with Gasteiger partial charge in [-0.2, -0.15) is 0 Å². The summed E-state index contributed by atoms with van der Waals surface area (Å²) in [6.45, 7) is 4.80. The van der Waals surface area contributed by atoms with E-state index >= 15 is 0 Å². The number of nitrogens with one attached hydrogen (secondary N) is 2. The predicted octanol–water partition coefficient (Wildman–Crippen LogP) is 0.551. The first kappa shape index (κ1) is 18.8. The Morgan fingerprint density at radius 2 is 2.04 bits per heavy atom. The second kappa shape index (κ2) is 10.4. The predicted molar refractivity (Wildman–Crippen MR) is 89.3 cm³/mol. The molecule has 7 heteroatoms. The number of hydrogen-bond acceptors (Lipinski definition) is 5. The average Bonchev–Trinajstić information content (AvgIpc) is 2.61. The fourth-order valence-electron chi connectivity index (χ4n) is 2.71. The molecule has 1 aliphatic rings. The summed E-state index contributed by atoms with van der Waals surface area (Å²) in [5.41, 5.74) is 0.407. The lowest BCUT2D eigenvalue weighted by Crippen LogP contribution is -2.47. The lowest BCUT2D eigenvalue weighted by atomic mass is 10.0. The molecule has 1 unspecified atom stereocenters. The van der Waals surface area contributed by atoms with Crippen LogP contribution in [0.5, 0.6) is 0 Å². The highest BCUT2D eigenvalue weighted by Crippen LogP contribution is 2.24. The topological polar surface area (TPSA) is 62.8 Å². The summed E-state index contributed by atoms with van der Waals surface area (Å²) in [4.78, 5) is 14.6. The van der Waals surface area contributed by atoms with Crippen LogP contribution in [0.15, 0.2) is 24.3 Å². The van der Waals surface area contributed by atoms with Gasteiger partial charge in [-0.15, -0.1) is 0 Å². The van der Waals surface area contributed by atoms with E-state index in [1.54, 1.807) is 25.3 Å². The summed E-state index contributed by atoms with van der Waals surface area (Å²) in [6, 6.07) is 5.82. The molecule has 1 fully saturated rings. The molecule has 134 valence electrons. The monoisotopic (exact) mass is 339 g/mol. The number of methoxy groups -OCH3 is 1. The number of morpholine rings is 1. The molecule has 0 saturated carbocycles. The number of nitrogens with zero attached hydrogens (tertiary/aromatic N) is 1. The van der Waals surface area contributed by atoms with Gasteiger partial charge in [0.25, 0.3) is 0 Å². The van der Waals surface area contributed by atoms with Gasteiger partial charge in [0.05, 0.1) is 19.8 Å². The third-order valence-electron chi connectivity index (χ3n) is 3.94. The van der Waals surface area contributed by atoms with Crippen molar-refractivity contribution in [1.29, 1.82) is 0 Å². The Morgan fingerprint density at radius 3 is 2.75 bits per heavy atom. The van der Waals surface area contributed by atoms with Gasteiger partial charge in [-0.25, -0.2) is 4.39 Å². The smallest absolute Gasteiger partial charge is 0.242 e. The van der Waals surface area contributed by atoms with Crippen molar-refractivity contribution < 1.29 is 18.7 Å². The lowest BCUT2D eigenvalue weighted by molar-refractivity contribution is -0.128. The maximum Gasteiger partial charge on any atom is 0.242 e. The standard InChI is InChI=1S/C17H26FN3O3/c1-23-11-8-19-6-7-20-17(22)16(21-9-12-24-13-10-21)14-4-2-3-5-15(14)18/h2-5,16,19H,6-13H2,1H3,(H,20,22). The van der Waals surface area contributed by atoms with Crippen LogP contribution in [-0.4, -0.2) is 70.5 Å². The summed E-state index contributed by atoms with van der Waals surface area (Å²) in [7, 11) is 1.64. The van der Waals surface area contributed by atoms with Gasteiger partial charge in [0, 0.05) is 45.4 Å². The number of amides is 1. The van der Waals surface area contributed by atoms with Crippen molar-refractivity contribution in [3.05, 3.63) is 35.6 Å². The van der Waals surface area contributed by atoms with E-state index in [0.29, 0.717) is 51.6 Å². The fourth-order valence-corrected chi connectivity index (χ4v) is 2.71. The van der Waals surface area contributed by atoms with E-state index in [2.05, 4.69) is 10.6 Å². The molecule has 0 aliphatic carbocycles. The molecule has 2 rings (SSSR count). The van der Waals surface area contributed by atoms with Gasteiger partial charge in [-0.05, 0) is 6.07 Å². The zero-order chi connectivity index (χ0) is 17.2. The molecule has 0 aromatic heterocycles. The Morgan fingerprint density at radius 1 is 1.29 bits per heavy atom. The van der Waals surface area contributed by atoms with Gasteiger partial charge < -0.3 is 20.1 Å². The van der Waals surface area contributed by atoms with Crippen molar-refractivity contribution in [2.45, 2.75) is 6.04 Å². The van der Waals surface area contributed by atoms with Crippen LogP contribution in [0.25, 0.3) is 0 Å². The van der Waals surface area contributed by atoms with E-state index < -0.39 is 6.04 Å². The summed E-state index contributed by atoms with van der Waals surface area (Å²) < 4.78 is 24.5. The molecule has 2 N–H and O–H groups in total. The fraction of sp³-hybridized carbons (Fsp3) is 0.588. The second-order valence-corrected chi connectivity index (χ2v) is 5.61. The van der Waals surface area contributed by atoms with Crippen molar-refractivity contribution >= 4 is 5.91 Å². The van der Waals surface area contributed by atoms with Crippen molar-refractivity contribution in [3.63, 3.8) is 0 Å². The third kappa shape index (κ3) is 5.52. The minimum Gasteiger partial charge on any atom is -0.383 e. The summed E-state index contributed by atoms with van der Waals surface area (Å²) in [6.07, 6.45) is 0. The molecule has 1 atom stereocenters. The highest BCUT2D eigenvalue weighted by atomic mass is 19.1. The first-order valence-electron chi connectivity index (χ1n) is 8.27. The second-order valence-electron chi connectivity index (χ2n) is 5.61. The SMILES string of the molecule is COCCNCCNC(=O)C(c1ccccc1F)N1CCOCC1. The maximum absolute atomic E-state index is 14.2. The lowest BCUT2D eigenvalue weighted by Gasteiger charge is -2.34. The molecule has 1 heterocycles. The number of carbonyl (C=O) groups excluding carboxylic acids is 1. The molecule has 0 bridgehead atoms. The van der Waals surface area contributed by atoms with Crippen LogP contribution in [0, 0.1) is 5.82 Å². The van der Waals surface area contributed by atoms with E-state index in [1.807, 2.05) is 4.90 Å². The Balaban J connectivity index is 1.97. The molecule has 0 spiro atoms. The highest BCUT2D eigenvalue weighted by molar-refractivity contribution is 5.83. The van der Waals surface area contributed by atoms with E-state index in [0.717, 1.165) is 6.54 Å². The zero-order valence-electron chi connectivity index (χ0n) is 14.1. The molecule has 1 amide bonds. The van der Waals surface area contributed by atoms with Gasteiger partial charge in [-0.1, -0.05) is 18.2 Å². The van der Waals surface area contributed by atoms with Crippen LogP contribution in [0.4, 0.5) is 4.39 Å². The van der Waals surface area contributed by atoms with E-state index in [-0.39, 0.29) is 11.7 Å². The summed E-state index contributed by atoms with van der Waals surface area (Å²) in [5.74, 6) is -0.544. The number of rotatable bonds is 9. The maximum atomic E-state index is 14.2. The van der Waals surface area contributed by atoms with E-state index in [4.69, 9.17) is 9.47 Å². The Kier molecular flexibility index (Phi) is 8.11. The Hall–Kier alpha value is -1.54. The van der Waals surface area contributed by atoms with Crippen LogP contribution in [0.2, 0.25) is 0 Å². The van der Waals surface area contributed by atoms with Gasteiger partial charge in [-0.3, -0.25) is 9.69 Å². The van der Waals surface area contributed by atoms with Crippen molar-refractivity contribution in [1.82, 2.24) is 15.5 Å². The third-order valence-corrected chi connectivity index (χ3v) is 3.94. The molecule has 24 heavy (non-hydrogen) atoms. The van der Waals surface area contributed by atoms with Gasteiger partial charge >= 0.3 is 0 Å². The quantitative estimate of drug-likeness (QED) is 0.644. The van der Waals surface area contributed by atoms with Crippen LogP contribution in [0.1, 0.15) is 11.6 Å². The molecular weight excluding hydrogens is 313 g/mol. The average molecular weight is 339 g/mol. The number of carbonyl (C=O) groups is 1. The van der Waals surface area contributed by atoms with E-state index in [1.165, 1.54) is 6.07 Å². The van der Waals surface area contributed by atoms with Crippen LogP contribution < -0.4 is 10.6 Å². The number of ether oxygens (including phenoxy) is 2. The summed E-state index contributed by atoms with van der Waals surface area (Å²) >= 11 is 0. The van der Waals surface area contributed by atoms with Crippen molar-refractivity contribution in [2.75, 3.05) is 59.7 Å². The molecular formula is C17H26FN3O3. The Bertz CT molecular complexity index is 510. The van der Waals surface area contributed by atoms with Crippen LogP contribution in [-0.2, 0) is 14.3 Å².